The number of hydrogen-bond donors (Lipinski definition) is 3. The summed E-state index contributed by atoms with van der Waals surface area (Å²) in [4.78, 5) is 35.4. The Morgan fingerprint density at radius 2 is 1.72 bits per heavy atom. The van der Waals surface area contributed by atoms with Gasteiger partial charge in [-0.15, -0.1) is 0 Å². The molecule has 0 bridgehead atoms. The number of nitrogens with zero attached hydrogens (tertiary/aromatic N) is 1. The molecule has 0 saturated carbocycles. The maximum atomic E-state index is 11.8. The average Bonchev–Trinajstić information content (AvgIpc) is 2.49. The number of hydrogen-bond acceptors (Lipinski definition) is 5. The fraction of sp³-hybridized carbons (Fsp3) is 0.182. The summed E-state index contributed by atoms with van der Waals surface area (Å²) in [5.74, 6) is -2.85. The number of aromatic hydroxyl groups is 2. The van der Waals surface area contributed by atoms with Crippen LogP contribution in [0.5, 0.6) is 11.5 Å². The highest BCUT2D eigenvalue weighted by molar-refractivity contribution is 6.26. The fourth-order valence-corrected chi connectivity index (χ4v) is 1.82. The number of benzene rings is 1. The van der Waals surface area contributed by atoms with Crippen molar-refractivity contribution in [3.05, 3.63) is 17.2 Å². The van der Waals surface area contributed by atoms with Crippen molar-refractivity contribution in [1.82, 2.24) is 4.90 Å². The zero-order chi connectivity index (χ0) is 13.6. The topological polar surface area (TPSA) is 107 Å². The zero-order valence-corrected chi connectivity index (χ0v) is 9.64. The second-order valence-corrected chi connectivity index (χ2v) is 3.89. The summed E-state index contributed by atoms with van der Waals surface area (Å²) in [7, 11) is 1.25. The summed E-state index contributed by atoms with van der Waals surface area (Å²) >= 11 is 0. The van der Waals surface area contributed by atoms with Crippen molar-refractivity contribution in [3.63, 3.8) is 0 Å². The van der Waals surface area contributed by atoms with E-state index in [9.17, 15) is 24.6 Å². The molecule has 7 nitrogen and oxygen atoms in total. The summed E-state index contributed by atoms with van der Waals surface area (Å²) in [5.41, 5.74) is -0.586. The number of amides is 3. The molecule has 2 rings (SSSR count). The van der Waals surface area contributed by atoms with E-state index in [4.69, 9.17) is 0 Å². The van der Waals surface area contributed by atoms with Crippen LogP contribution in [0.25, 0.3) is 0 Å². The van der Waals surface area contributed by atoms with Crippen LogP contribution in [-0.4, -0.2) is 39.9 Å². The highest BCUT2D eigenvalue weighted by atomic mass is 16.3. The first-order valence-corrected chi connectivity index (χ1v) is 5.03. The number of carbonyl (C=O) groups excluding carboxylic acids is 3. The SMILES string of the molecule is CC(=O)Nc1c(O)cc(O)c2c1C(=O)N(C)C2=O. The van der Waals surface area contributed by atoms with E-state index in [1.807, 2.05) is 0 Å². The molecule has 0 spiro atoms. The molecule has 94 valence electrons. The van der Waals surface area contributed by atoms with Gasteiger partial charge < -0.3 is 15.5 Å². The predicted octanol–water partition coefficient (Wildman–Crippen LogP) is 0.282. The van der Waals surface area contributed by atoms with Gasteiger partial charge in [0.25, 0.3) is 11.8 Å². The lowest BCUT2D eigenvalue weighted by atomic mass is 10.1. The quantitative estimate of drug-likeness (QED) is 0.377. The van der Waals surface area contributed by atoms with Gasteiger partial charge in [0.1, 0.15) is 11.5 Å². The molecule has 1 heterocycles. The summed E-state index contributed by atoms with van der Waals surface area (Å²) in [6.45, 7) is 1.20. The molecule has 0 atom stereocenters. The van der Waals surface area contributed by atoms with E-state index in [-0.39, 0.29) is 16.8 Å². The smallest absolute Gasteiger partial charge is 0.265 e. The molecule has 0 saturated heterocycles. The Kier molecular flexibility index (Phi) is 2.46. The molecule has 7 heteroatoms. The van der Waals surface area contributed by atoms with Gasteiger partial charge in [-0.2, -0.15) is 0 Å². The van der Waals surface area contributed by atoms with Crippen molar-refractivity contribution in [2.75, 3.05) is 12.4 Å². The first-order chi connectivity index (χ1) is 8.34. The lowest BCUT2D eigenvalue weighted by Gasteiger charge is -2.10. The fourth-order valence-electron chi connectivity index (χ4n) is 1.82. The highest BCUT2D eigenvalue weighted by Crippen LogP contribution is 2.40. The third kappa shape index (κ3) is 1.48. The Hall–Kier alpha value is -2.57. The van der Waals surface area contributed by atoms with Crippen LogP contribution in [0.3, 0.4) is 0 Å². The van der Waals surface area contributed by atoms with Crippen molar-refractivity contribution in [2.45, 2.75) is 6.92 Å². The molecule has 0 unspecified atom stereocenters. The van der Waals surface area contributed by atoms with Gasteiger partial charge in [0.2, 0.25) is 5.91 Å². The molecule has 0 aromatic heterocycles. The number of imide groups is 1. The van der Waals surface area contributed by atoms with Crippen LogP contribution in [0.2, 0.25) is 0 Å². The van der Waals surface area contributed by atoms with Crippen molar-refractivity contribution in [3.8, 4) is 11.5 Å². The molecule has 0 radical (unpaired) electrons. The summed E-state index contributed by atoms with van der Waals surface area (Å²) in [5, 5.41) is 21.5. The number of rotatable bonds is 1. The second kappa shape index (κ2) is 3.73. The van der Waals surface area contributed by atoms with Crippen LogP contribution in [0.15, 0.2) is 6.07 Å². The molecule has 1 aliphatic rings. The van der Waals surface area contributed by atoms with Crippen molar-refractivity contribution in [1.29, 1.82) is 0 Å². The average molecular weight is 250 g/mol. The number of phenols is 2. The molecule has 18 heavy (non-hydrogen) atoms. The first kappa shape index (κ1) is 11.9. The van der Waals surface area contributed by atoms with Crippen LogP contribution in [0.4, 0.5) is 5.69 Å². The van der Waals surface area contributed by atoms with Gasteiger partial charge in [0.15, 0.2) is 0 Å². The number of phenolic OH excluding ortho intramolecular Hbond substituents is 2. The molecule has 0 aliphatic carbocycles. The third-order valence-electron chi connectivity index (χ3n) is 2.62. The first-order valence-electron chi connectivity index (χ1n) is 5.03. The van der Waals surface area contributed by atoms with Crippen LogP contribution in [0.1, 0.15) is 27.6 Å². The maximum absolute atomic E-state index is 11.8. The van der Waals surface area contributed by atoms with Gasteiger partial charge in [0, 0.05) is 20.0 Å². The van der Waals surface area contributed by atoms with Gasteiger partial charge in [0.05, 0.1) is 16.8 Å². The van der Waals surface area contributed by atoms with Crippen LogP contribution < -0.4 is 5.32 Å². The van der Waals surface area contributed by atoms with E-state index in [1.165, 1.54) is 14.0 Å². The maximum Gasteiger partial charge on any atom is 0.265 e. The van der Waals surface area contributed by atoms with Crippen LogP contribution in [0, 0.1) is 0 Å². The van der Waals surface area contributed by atoms with E-state index in [0.29, 0.717) is 0 Å². The highest BCUT2D eigenvalue weighted by Gasteiger charge is 2.39. The normalized spacial score (nSPS) is 13.8. The van der Waals surface area contributed by atoms with Crippen molar-refractivity contribution >= 4 is 23.4 Å². The Balaban J connectivity index is 2.75. The van der Waals surface area contributed by atoms with E-state index < -0.39 is 29.2 Å². The number of carbonyl (C=O) groups is 3. The number of anilines is 1. The molecule has 1 aliphatic heterocycles. The van der Waals surface area contributed by atoms with E-state index >= 15 is 0 Å². The Labute approximate surface area is 102 Å². The van der Waals surface area contributed by atoms with E-state index in [0.717, 1.165) is 11.0 Å². The lowest BCUT2D eigenvalue weighted by Crippen LogP contribution is -2.24. The second-order valence-electron chi connectivity index (χ2n) is 3.89. The van der Waals surface area contributed by atoms with Crippen LogP contribution >= 0.6 is 0 Å². The Morgan fingerprint density at radius 3 is 2.28 bits per heavy atom. The van der Waals surface area contributed by atoms with Gasteiger partial charge in [-0.1, -0.05) is 0 Å². The monoisotopic (exact) mass is 250 g/mol. The van der Waals surface area contributed by atoms with E-state index in [1.54, 1.807) is 0 Å². The molecule has 0 fully saturated rings. The molecular weight excluding hydrogens is 240 g/mol. The van der Waals surface area contributed by atoms with Crippen molar-refractivity contribution in [2.24, 2.45) is 0 Å². The summed E-state index contributed by atoms with van der Waals surface area (Å²) in [6.07, 6.45) is 0. The Morgan fingerprint density at radius 1 is 1.17 bits per heavy atom. The van der Waals surface area contributed by atoms with Gasteiger partial charge in [-0.3, -0.25) is 19.3 Å². The molecule has 3 N–H and O–H groups in total. The standard InChI is InChI=1S/C11H10N2O5/c1-4(14)12-9-6(16)3-5(15)7-8(9)11(18)13(2)10(7)17/h3,15-16H,1-2H3,(H,12,14). The minimum Gasteiger partial charge on any atom is -0.507 e. The number of fused-ring (bicyclic) bond motifs is 1. The summed E-state index contributed by atoms with van der Waals surface area (Å²) in [6, 6.07) is 0.911. The molecule has 1 aromatic carbocycles. The number of nitrogens with one attached hydrogen (secondary N) is 1. The van der Waals surface area contributed by atoms with Crippen molar-refractivity contribution < 1.29 is 24.6 Å². The zero-order valence-electron chi connectivity index (χ0n) is 9.64. The van der Waals surface area contributed by atoms with Gasteiger partial charge >= 0.3 is 0 Å². The van der Waals surface area contributed by atoms with E-state index in [2.05, 4.69) is 5.32 Å². The molecule has 3 amide bonds. The molecular formula is C11H10N2O5. The van der Waals surface area contributed by atoms with Crippen LogP contribution in [-0.2, 0) is 4.79 Å². The largest absolute Gasteiger partial charge is 0.507 e. The van der Waals surface area contributed by atoms with Gasteiger partial charge in [-0.05, 0) is 0 Å². The third-order valence-corrected chi connectivity index (χ3v) is 2.62. The lowest BCUT2D eigenvalue weighted by molar-refractivity contribution is -0.114. The molecule has 1 aromatic rings. The minimum atomic E-state index is -0.690. The Bertz CT molecular complexity index is 594. The predicted molar refractivity (Wildman–Crippen MR) is 60.5 cm³/mol. The summed E-state index contributed by atoms with van der Waals surface area (Å²) < 4.78 is 0. The minimum absolute atomic E-state index is 0.169. The van der Waals surface area contributed by atoms with Gasteiger partial charge in [-0.25, -0.2) is 0 Å².